The first-order valence-corrected chi connectivity index (χ1v) is 12.2. The van der Waals surface area contributed by atoms with E-state index in [1.807, 2.05) is 6.07 Å². The number of ketones is 1. The summed E-state index contributed by atoms with van der Waals surface area (Å²) in [7, 11) is 0. The van der Waals surface area contributed by atoms with Crippen molar-refractivity contribution in [2.24, 2.45) is 34.5 Å². The molecule has 0 saturated heterocycles. The molecule has 2 heteroatoms. The highest BCUT2D eigenvalue weighted by molar-refractivity contribution is 9.10. The van der Waals surface area contributed by atoms with E-state index >= 15 is 0 Å². The van der Waals surface area contributed by atoms with Gasteiger partial charge in [0.1, 0.15) is 0 Å². The number of carbonyl (C=O) groups excluding carboxylic acids is 1. The summed E-state index contributed by atoms with van der Waals surface area (Å²) in [6, 6.07) is 8.35. The molecule has 4 aliphatic rings. The number of halogens is 1. The molecule has 0 spiro atoms. The Morgan fingerprint density at radius 1 is 1.04 bits per heavy atom. The molecule has 4 saturated carbocycles. The largest absolute Gasteiger partial charge is 0.294 e. The minimum absolute atomic E-state index is 0.114. The second-order valence-electron chi connectivity index (χ2n) is 10.6. The molecule has 28 heavy (non-hydrogen) atoms. The van der Waals surface area contributed by atoms with Gasteiger partial charge in [-0.15, -0.1) is 0 Å². The van der Waals surface area contributed by atoms with Crippen LogP contribution in [0.2, 0.25) is 0 Å². The molecule has 1 aromatic carbocycles. The number of benzene rings is 1. The number of fused-ring (bicyclic) bond motifs is 5. The van der Waals surface area contributed by atoms with Crippen LogP contribution in [-0.4, -0.2) is 5.78 Å². The Morgan fingerprint density at radius 2 is 1.89 bits per heavy atom. The van der Waals surface area contributed by atoms with Crippen molar-refractivity contribution in [1.82, 2.24) is 0 Å². The second-order valence-corrected chi connectivity index (χ2v) is 11.5. The first-order chi connectivity index (χ1) is 13.4. The Hall–Kier alpha value is -0.890. The molecule has 1 aromatic rings. The summed E-state index contributed by atoms with van der Waals surface area (Å²) in [6.45, 7) is 4.92. The summed E-state index contributed by atoms with van der Waals surface area (Å²) < 4.78 is 1.08. The van der Waals surface area contributed by atoms with Crippen molar-refractivity contribution in [3.8, 4) is 0 Å². The number of rotatable bonds is 1. The van der Waals surface area contributed by atoms with E-state index in [-0.39, 0.29) is 5.41 Å². The van der Waals surface area contributed by atoms with Crippen LogP contribution in [0.3, 0.4) is 0 Å². The van der Waals surface area contributed by atoms with E-state index in [1.54, 1.807) is 0 Å². The van der Waals surface area contributed by atoms with Gasteiger partial charge >= 0.3 is 0 Å². The monoisotopic (exact) mass is 440 g/mol. The molecule has 0 radical (unpaired) electrons. The molecular weight excluding hydrogens is 408 g/mol. The number of Topliss-reactive ketones (excluding diaryl/α,β-unsaturated/α-hetero) is 1. The third-order valence-corrected chi connectivity index (χ3v) is 9.91. The third kappa shape index (κ3) is 2.81. The molecule has 0 bridgehead atoms. The molecule has 6 atom stereocenters. The van der Waals surface area contributed by atoms with Gasteiger partial charge in [-0.2, -0.15) is 0 Å². The fourth-order valence-corrected chi connectivity index (χ4v) is 8.31. The summed E-state index contributed by atoms with van der Waals surface area (Å²) in [6.07, 6.45) is 14.1. The van der Waals surface area contributed by atoms with Gasteiger partial charge in [-0.25, -0.2) is 0 Å². The fourth-order valence-electron chi connectivity index (χ4n) is 7.89. The van der Waals surface area contributed by atoms with E-state index < -0.39 is 0 Å². The van der Waals surface area contributed by atoms with Gasteiger partial charge in [0.05, 0.1) is 0 Å². The first kappa shape index (κ1) is 19.1. The van der Waals surface area contributed by atoms with Gasteiger partial charge < -0.3 is 0 Å². The quantitative estimate of drug-likeness (QED) is 0.414. The summed E-state index contributed by atoms with van der Waals surface area (Å²) in [4.78, 5) is 13.5. The minimum Gasteiger partial charge on any atom is -0.294 e. The average molecular weight is 441 g/mol. The number of hydrogen-bond acceptors (Lipinski definition) is 1. The van der Waals surface area contributed by atoms with Crippen LogP contribution in [0, 0.1) is 34.5 Å². The summed E-state index contributed by atoms with van der Waals surface area (Å²) in [5.74, 6) is 3.57. The highest BCUT2D eigenvalue weighted by Gasteiger charge is 2.60. The second kappa shape index (κ2) is 6.83. The van der Waals surface area contributed by atoms with E-state index in [2.05, 4.69) is 54.1 Å². The molecule has 0 heterocycles. The highest BCUT2D eigenvalue weighted by atomic mass is 79.9. The molecule has 4 fully saturated rings. The van der Waals surface area contributed by atoms with Crippen LogP contribution in [-0.2, 0) is 4.79 Å². The maximum absolute atomic E-state index is 13.5. The van der Waals surface area contributed by atoms with E-state index in [4.69, 9.17) is 0 Å². The van der Waals surface area contributed by atoms with Gasteiger partial charge in [0.25, 0.3) is 0 Å². The Morgan fingerprint density at radius 3 is 2.71 bits per heavy atom. The topological polar surface area (TPSA) is 17.1 Å². The average Bonchev–Trinajstić information content (AvgIpc) is 2.92. The number of allylic oxidation sites excluding steroid dienone is 1. The van der Waals surface area contributed by atoms with Crippen molar-refractivity contribution in [3.63, 3.8) is 0 Å². The molecular formula is C26H33BrO. The zero-order chi connectivity index (χ0) is 19.5. The molecule has 4 aliphatic carbocycles. The molecule has 5 rings (SSSR count). The third-order valence-electron chi connectivity index (χ3n) is 9.41. The lowest BCUT2D eigenvalue weighted by Crippen LogP contribution is -2.52. The molecule has 0 aromatic heterocycles. The van der Waals surface area contributed by atoms with Crippen LogP contribution in [0.5, 0.6) is 0 Å². The van der Waals surface area contributed by atoms with Gasteiger partial charge in [-0.05, 0) is 103 Å². The zero-order valence-corrected chi connectivity index (χ0v) is 18.9. The lowest BCUT2D eigenvalue weighted by Gasteiger charge is -2.59. The maximum atomic E-state index is 13.5. The predicted octanol–water partition coefficient (Wildman–Crippen LogP) is 7.44. The fraction of sp³-hybridized carbons (Fsp3) is 0.654. The Balaban J connectivity index is 1.46. The Kier molecular flexibility index (Phi) is 4.66. The van der Waals surface area contributed by atoms with Crippen LogP contribution in [0.25, 0.3) is 6.08 Å². The van der Waals surface area contributed by atoms with Crippen molar-refractivity contribution in [1.29, 1.82) is 0 Å². The normalized spacial score (nSPS) is 44.1. The Labute approximate surface area is 178 Å². The molecule has 1 nitrogen and oxygen atoms in total. The van der Waals surface area contributed by atoms with Gasteiger partial charge in [0, 0.05) is 9.89 Å². The highest BCUT2D eigenvalue weighted by Crippen LogP contribution is 2.66. The lowest BCUT2D eigenvalue weighted by atomic mass is 9.45. The predicted molar refractivity (Wildman–Crippen MR) is 119 cm³/mol. The van der Waals surface area contributed by atoms with Crippen LogP contribution in [0.4, 0.5) is 0 Å². The standard InChI is InChI=1S/C26H33BrO/c1-25-12-4-3-7-19(25)9-10-21-22(25)11-13-26(2)23(21)16-18(24(26)28)14-17-6-5-8-20(27)15-17/h5-6,8,14-15,19,21-23H,3-4,7,9-13,16H2,1-2H3/b18-14+/t19-,21+,22-,23-,25+,26-/m1/s1. The molecule has 0 amide bonds. The zero-order valence-electron chi connectivity index (χ0n) is 17.3. The van der Waals surface area contributed by atoms with Crippen LogP contribution < -0.4 is 0 Å². The van der Waals surface area contributed by atoms with Crippen molar-refractivity contribution in [2.45, 2.75) is 71.6 Å². The van der Waals surface area contributed by atoms with E-state index in [9.17, 15) is 4.79 Å². The maximum Gasteiger partial charge on any atom is 0.165 e. The molecule has 0 aliphatic heterocycles. The van der Waals surface area contributed by atoms with Crippen molar-refractivity contribution < 1.29 is 4.79 Å². The number of hydrogen-bond donors (Lipinski definition) is 0. The smallest absolute Gasteiger partial charge is 0.165 e. The summed E-state index contributed by atoms with van der Waals surface area (Å²) >= 11 is 3.57. The van der Waals surface area contributed by atoms with Crippen molar-refractivity contribution in [3.05, 3.63) is 39.9 Å². The van der Waals surface area contributed by atoms with Gasteiger partial charge in [-0.1, -0.05) is 54.8 Å². The summed E-state index contributed by atoms with van der Waals surface area (Å²) in [5.41, 5.74) is 2.67. The van der Waals surface area contributed by atoms with Gasteiger partial charge in [0.15, 0.2) is 5.78 Å². The Bertz CT molecular complexity index is 825. The van der Waals surface area contributed by atoms with E-state index in [0.717, 1.165) is 46.2 Å². The van der Waals surface area contributed by atoms with Crippen LogP contribution in [0.15, 0.2) is 34.3 Å². The molecule has 0 N–H and O–H groups in total. The lowest BCUT2D eigenvalue weighted by molar-refractivity contribution is -0.137. The van der Waals surface area contributed by atoms with Crippen molar-refractivity contribution in [2.75, 3.05) is 0 Å². The SMILES string of the molecule is C[C@]12CCCC[C@@H]1CC[C@H]1[C@H]2CC[C@@]2(C)C(=O)/C(=C/c3cccc(Br)c3)C[C@H]12. The van der Waals surface area contributed by atoms with Crippen LogP contribution in [0.1, 0.15) is 77.2 Å². The van der Waals surface area contributed by atoms with Gasteiger partial charge in [-0.3, -0.25) is 4.79 Å². The van der Waals surface area contributed by atoms with Gasteiger partial charge in [0.2, 0.25) is 0 Å². The van der Waals surface area contributed by atoms with E-state index in [0.29, 0.717) is 17.1 Å². The minimum atomic E-state index is -0.114. The van der Waals surface area contributed by atoms with E-state index in [1.165, 1.54) is 44.9 Å². The van der Waals surface area contributed by atoms with Crippen LogP contribution >= 0.6 is 15.9 Å². The number of carbonyl (C=O) groups is 1. The summed E-state index contributed by atoms with van der Waals surface area (Å²) in [5, 5.41) is 0. The molecule has 0 unspecified atom stereocenters. The first-order valence-electron chi connectivity index (χ1n) is 11.4. The van der Waals surface area contributed by atoms with Crippen molar-refractivity contribution >= 4 is 27.8 Å². The molecule has 150 valence electrons.